The van der Waals surface area contributed by atoms with Crippen LogP contribution in [0.4, 0.5) is 4.39 Å². The molecule has 1 aromatic carbocycles. The fourth-order valence-corrected chi connectivity index (χ4v) is 3.51. The molecule has 1 fully saturated rings. The zero-order chi connectivity index (χ0) is 17.5. The normalized spacial score (nSPS) is 21.4. The Morgan fingerprint density at radius 2 is 1.96 bits per heavy atom. The third-order valence-corrected chi connectivity index (χ3v) is 5.00. The quantitative estimate of drug-likeness (QED) is 0.771. The lowest BCUT2D eigenvalue weighted by molar-refractivity contribution is -0.122. The van der Waals surface area contributed by atoms with Crippen molar-refractivity contribution in [1.29, 1.82) is 0 Å². The highest BCUT2D eigenvalue weighted by Crippen LogP contribution is 2.20. The van der Waals surface area contributed by atoms with E-state index in [1.165, 1.54) is 12.1 Å². The Kier molecular flexibility index (Phi) is 6.45. The number of likely N-dealkylation sites (tertiary alicyclic amines) is 1. The molecular formula is C20H27FN2O2. The Hall–Kier alpha value is -1.88. The van der Waals surface area contributed by atoms with Crippen LogP contribution in [0.15, 0.2) is 36.4 Å². The number of nitrogens with one attached hydrogen (secondary N) is 1. The molecule has 1 heterocycles. The van der Waals surface area contributed by atoms with E-state index in [1.807, 2.05) is 0 Å². The first-order valence-electron chi connectivity index (χ1n) is 9.26. The van der Waals surface area contributed by atoms with Gasteiger partial charge in [-0.25, -0.2) is 4.39 Å². The largest absolute Gasteiger partial charge is 0.492 e. The average Bonchev–Trinajstić information content (AvgIpc) is 3.11. The van der Waals surface area contributed by atoms with Gasteiger partial charge in [0.25, 0.3) is 0 Å². The maximum absolute atomic E-state index is 12.8. The zero-order valence-corrected chi connectivity index (χ0v) is 14.6. The highest BCUT2D eigenvalue weighted by Gasteiger charge is 2.22. The van der Waals surface area contributed by atoms with Crippen LogP contribution >= 0.6 is 0 Å². The standard InChI is InChI=1S/C20H27FN2O2/c21-17-5-7-19(8-6-17)25-14-13-23-11-9-18(10-12-23)22-20(24)15-16-3-1-2-4-16/h1,3,5-8,16,18H,2,4,9-15H2,(H,22,24)/t16-/m0/s1. The minimum atomic E-state index is -0.250. The van der Waals surface area contributed by atoms with E-state index in [1.54, 1.807) is 12.1 Å². The summed E-state index contributed by atoms with van der Waals surface area (Å²) < 4.78 is 18.5. The molecule has 3 rings (SSSR count). The van der Waals surface area contributed by atoms with Crippen LogP contribution in [-0.2, 0) is 4.79 Å². The average molecular weight is 346 g/mol. The van der Waals surface area contributed by atoms with E-state index in [0.717, 1.165) is 45.3 Å². The van der Waals surface area contributed by atoms with E-state index < -0.39 is 0 Å². The maximum Gasteiger partial charge on any atom is 0.220 e. The molecule has 1 amide bonds. The second-order valence-electron chi connectivity index (χ2n) is 6.96. The molecular weight excluding hydrogens is 319 g/mol. The van der Waals surface area contributed by atoms with Crippen LogP contribution in [-0.4, -0.2) is 43.1 Å². The van der Waals surface area contributed by atoms with Crippen LogP contribution in [0.3, 0.4) is 0 Å². The molecule has 0 saturated carbocycles. The molecule has 1 aliphatic carbocycles. The van der Waals surface area contributed by atoms with Gasteiger partial charge in [0.15, 0.2) is 0 Å². The van der Waals surface area contributed by atoms with E-state index in [9.17, 15) is 9.18 Å². The van der Waals surface area contributed by atoms with E-state index in [2.05, 4.69) is 22.4 Å². The molecule has 1 atom stereocenters. The first-order valence-corrected chi connectivity index (χ1v) is 9.26. The van der Waals surface area contributed by atoms with Crippen molar-refractivity contribution in [3.05, 3.63) is 42.2 Å². The summed E-state index contributed by atoms with van der Waals surface area (Å²) in [6, 6.07) is 6.41. The van der Waals surface area contributed by atoms with Crippen LogP contribution in [0.5, 0.6) is 5.75 Å². The van der Waals surface area contributed by atoms with Gasteiger partial charge in [-0.1, -0.05) is 12.2 Å². The predicted molar refractivity (Wildman–Crippen MR) is 96.0 cm³/mol. The predicted octanol–water partition coefficient (Wildman–Crippen LogP) is 3.14. The van der Waals surface area contributed by atoms with Gasteiger partial charge in [-0.2, -0.15) is 0 Å². The van der Waals surface area contributed by atoms with Gasteiger partial charge in [0.05, 0.1) is 0 Å². The lowest BCUT2D eigenvalue weighted by Crippen LogP contribution is -2.45. The smallest absolute Gasteiger partial charge is 0.220 e. The fourth-order valence-electron chi connectivity index (χ4n) is 3.51. The second kappa shape index (κ2) is 8.99. The van der Waals surface area contributed by atoms with Crippen molar-refractivity contribution in [3.8, 4) is 5.75 Å². The lowest BCUT2D eigenvalue weighted by atomic mass is 10.0. The van der Waals surface area contributed by atoms with Gasteiger partial charge in [0, 0.05) is 32.1 Å². The summed E-state index contributed by atoms with van der Waals surface area (Å²) in [4.78, 5) is 14.4. The van der Waals surface area contributed by atoms with Crippen molar-refractivity contribution in [2.75, 3.05) is 26.2 Å². The Bertz CT molecular complexity index is 580. The van der Waals surface area contributed by atoms with Gasteiger partial charge >= 0.3 is 0 Å². The lowest BCUT2D eigenvalue weighted by Gasteiger charge is -2.32. The summed E-state index contributed by atoms with van der Waals surface area (Å²) in [5.74, 6) is 1.07. The van der Waals surface area contributed by atoms with Gasteiger partial charge in [0.1, 0.15) is 18.2 Å². The molecule has 0 radical (unpaired) electrons. The number of carbonyl (C=O) groups is 1. The van der Waals surface area contributed by atoms with E-state index in [4.69, 9.17) is 4.74 Å². The summed E-state index contributed by atoms with van der Waals surface area (Å²) in [6.07, 6.45) is 9.16. The zero-order valence-electron chi connectivity index (χ0n) is 14.6. The Morgan fingerprint density at radius 1 is 1.20 bits per heavy atom. The number of hydrogen-bond acceptors (Lipinski definition) is 3. The number of hydrogen-bond donors (Lipinski definition) is 1. The molecule has 1 N–H and O–H groups in total. The molecule has 4 nitrogen and oxygen atoms in total. The molecule has 1 saturated heterocycles. The van der Waals surface area contributed by atoms with Crippen molar-refractivity contribution in [3.63, 3.8) is 0 Å². The molecule has 25 heavy (non-hydrogen) atoms. The molecule has 5 heteroatoms. The van der Waals surface area contributed by atoms with Crippen molar-refractivity contribution >= 4 is 5.91 Å². The third-order valence-electron chi connectivity index (χ3n) is 5.00. The minimum absolute atomic E-state index is 0.189. The second-order valence-corrected chi connectivity index (χ2v) is 6.96. The van der Waals surface area contributed by atoms with Gasteiger partial charge in [-0.15, -0.1) is 0 Å². The highest BCUT2D eigenvalue weighted by atomic mass is 19.1. The first kappa shape index (κ1) is 17.9. The number of piperidine rings is 1. The van der Waals surface area contributed by atoms with Crippen LogP contribution in [0.25, 0.3) is 0 Å². The number of allylic oxidation sites excluding steroid dienone is 2. The summed E-state index contributed by atoms with van der Waals surface area (Å²) in [5, 5.41) is 3.19. The monoisotopic (exact) mass is 346 g/mol. The number of ether oxygens (including phenoxy) is 1. The van der Waals surface area contributed by atoms with Gasteiger partial charge in [-0.3, -0.25) is 9.69 Å². The molecule has 1 aromatic rings. The maximum atomic E-state index is 12.8. The molecule has 0 unspecified atom stereocenters. The summed E-state index contributed by atoms with van der Waals surface area (Å²) in [6.45, 7) is 3.39. The van der Waals surface area contributed by atoms with Crippen LogP contribution in [0.1, 0.15) is 32.1 Å². The van der Waals surface area contributed by atoms with Crippen LogP contribution < -0.4 is 10.1 Å². The Balaban J connectivity index is 1.29. The topological polar surface area (TPSA) is 41.6 Å². The van der Waals surface area contributed by atoms with E-state index in [-0.39, 0.29) is 11.7 Å². The Morgan fingerprint density at radius 3 is 2.64 bits per heavy atom. The van der Waals surface area contributed by atoms with Crippen molar-refractivity contribution in [2.45, 2.75) is 38.1 Å². The number of benzene rings is 1. The summed E-state index contributed by atoms with van der Waals surface area (Å²) >= 11 is 0. The number of rotatable bonds is 7. The molecule has 2 aliphatic rings. The molecule has 0 aromatic heterocycles. The SMILES string of the molecule is O=C(C[C@H]1C=CCC1)NC1CCN(CCOc2ccc(F)cc2)CC1. The third kappa shape index (κ3) is 5.85. The summed E-state index contributed by atoms with van der Waals surface area (Å²) in [7, 11) is 0. The summed E-state index contributed by atoms with van der Waals surface area (Å²) in [5.41, 5.74) is 0. The van der Waals surface area contributed by atoms with E-state index >= 15 is 0 Å². The number of nitrogens with zero attached hydrogens (tertiary/aromatic N) is 1. The van der Waals surface area contributed by atoms with Gasteiger partial charge in [0.2, 0.25) is 5.91 Å². The minimum Gasteiger partial charge on any atom is -0.492 e. The van der Waals surface area contributed by atoms with Crippen molar-refractivity contribution in [2.24, 2.45) is 5.92 Å². The van der Waals surface area contributed by atoms with Crippen molar-refractivity contribution in [1.82, 2.24) is 10.2 Å². The van der Waals surface area contributed by atoms with Crippen molar-refractivity contribution < 1.29 is 13.9 Å². The Labute approximate surface area is 149 Å². The van der Waals surface area contributed by atoms with Crippen LogP contribution in [0, 0.1) is 11.7 Å². The molecule has 1 aliphatic heterocycles. The molecule has 0 bridgehead atoms. The van der Waals surface area contributed by atoms with Crippen LogP contribution in [0.2, 0.25) is 0 Å². The molecule has 0 spiro atoms. The number of carbonyl (C=O) groups excluding carboxylic acids is 1. The number of amides is 1. The highest BCUT2D eigenvalue weighted by molar-refractivity contribution is 5.76. The van der Waals surface area contributed by atoms with Gasteiger partial charge < -0.3 is 10.1 Å². The number of halogens is 1. The fraction of sp³-hybridized carbons (Fsp3) is 0.550. The van der Waals surface area contributed by atoms with E-state index in [0.29, 0.717) is 30.7 Å². The molecule has 136 valence electrons. The van der Waals surface area contributed by atoms with Gasteiger partial charge in [-0.05, 0) is 55.9 Å². The first-order chi connectivity index (χ1) is 12.2.